The van der Waals surface area contributed by atoms with Gasteiger partial charge >= 0.3 is 5.63 Å². The number of hydrogen-bond donors (Lipinski definition) is 1. The third-order valence-electron chi connectivity index (χ3n) is 3.99. The molecule has 0 radical (unpaired) electrons. The molecular formula is C19H22N2O2. The Morgan fingerprint density at radius 2 is 1.96 bits per heavy atom. The number of nitrogens with one attached hydrogen (secondary N) is 1. The minimum Gasteiger partial charge on any atom is -0.423 e. The molecule has 0 saturated carbocycles. The molecule has 3 aromatic rings. The predicted octanol–water partition coefficient (Wildman–Crippen LogP) is 2.99. The fourth-order valence-electron chi connectivity index (χ4n) is 2.90. The number of benzene rings is 2. The zero-order valence-corrected chi connectivity index (χ0v) is 13.6. The maximum atomic E-state index is 11.8. The molecule has 0 bridgehead atoms. The van der Waals surface area contributed by atoms with E-state index in [2.05, 4.69) is 36.4 Å². The van der Waals surface area contributed by atoms with Gasteiger partial charge in [0.05, 0.1) is 0 Å². The van der Waals surface area contributed by atoms with Crippen molar-refractivity contribution < 1.29 is 4.42 Å². The minimum absolute atomic E-state index is 0.294. The second-order valence-electron chi connectivity index (χ2n) is 6.08. The normalized spacial score (nSPS) is 11.6. The molecular weight excluding hydrogens is 288 g/mol. The molecule has 120 valence electrons. The van der Waals surface area contributed by atoms with Crippen LogP contribution >= 0.6 is 0 Å². The first-order valence-corrected chi connectivity index (χ1v) is 7.95. The van der Waals surface area contributed by atoms with Crippen molar-refractivity contribution in [3.05, 3.63) is 58.4 Å². The summed E-state index contributed by atoms with van der Waals surface area (Å²) in [4.78, 5) is 14.0. The van der Waals surface area contributed by atoms with Crippen molar-refractivity contribution >= 4 is 21.7 Å². The molecule has 2 aromatic carbocycles. The van der Waals surface area contributed by atoms with Crippen molar-refractivity contribution in [1.29, 1.82) is 0 Å². The monoisotopic (exact) mass is 310 g/mol. The number of fused-ring (bicyclic) bond motifs is 3. The van der Waals surface area contributed by atoms with Crippen LogP contribution in [0, 0.1) is 0 Å². The molecule has 4 nitrogen and oxygen atoms in total. The van der Waals surface area contributed by atoms with Crippen LogP contribution in [0.15, 0.2) is 51.7 Å². The van der Waals surface area contributed by atoms with Crippen LogP contribution in [0.4, 0.5) is 0 Å². The van der Waals surface area contributed by atoms with Crippen LogP contribution in [0.1, 0.15) is 12.0 Å². The van der Waals surface area contributed by atoms with Gasteiger partial charge in [0.25, 0.3) is 0 Å². The zero-order chi connectivity index (χ0) is 16.2. The van der Waals surface area contributed by atoms with Crippen LogP contribution in [-0.4, -0.2) is 32.1 Å². The molecule has 0 aliphatic heterocycles. The Balaban J connectivity index is 1.92. The maximum absolute atomic E-state index is 11.8. The van der Waals surface area contributed by atoms with Gasteiger partial charge in [-0.25, -0.2) is 4.79 Å². The number of nitrogens with zero attached hydrogens (tertiary/aromatic N) is 1. The van der Waals surface area contributed by atoms with Crippen LogP contribution in [0.25, 0.3) is 21.7 Å². The lowest BCUT2D eigenvalue weighted by Gasteiger charge is -2.11. The Morgan fingerprint density at radius 1 is 1.13 bits per heavy atom. The second kappa shape index (κ2) is 6.94. The van der Waals surface area contributed by atoms with Gasteiger partial charge in [0.1, 0.15) is 5.58 Å². The van der Waals surface area contributed by atoms with E-state index in [0.29, 0.717) is 12.1 Å². The van der Waals surface area contributed by atoms with Gasteiger partial charge in [-0.15, -0.1) is 0 Å². The van der Waals surface area contributed by atoms with E-state index in [1.54, 1.807) is 6.07 Å². The summed E-state index contributed by atoms with van der Waals surface area (Å²) < 4.78 is 5.38. The zero-order valence-electron chi connectivity index (χ0n) is 13.6. The third-order valence-corrected chi connectivity index (χ3v) is 3.99. The molecule has 1 heterocycles. The second-order valence-corrected chi connectivity index (χ2v) is 6.08. The average Bonchev–Trinajstić information content (AvgIpc) is 2.53. The first-order valence-electron chi connectivity index (χ1n) is 7.95. The fraction of sp³-hybridized carbons (Fsp3) is 0.316. The fourth-order valence-corrected chi connectivity index (χ4v) is 2.90. The first-order chi connectivity index (χ1) is 11.1. The molecule has 0 aliphatic rings. The van der Waals surface area contributed by atoms with E-state index in [9.17, 15) is 4.79 Å². The van der Waals surface area contributed by atoms with Gasteiger partial charge in [0.15, 0.2) is 0 Å². The minimum atomic E-state index is -0.294. The van der Waals surface area contributed by atoms with E-state index < -0.39 is 0 Å². The first kappa shape index (κ1) is 15.7. The number of hydrogen-bond acceptors (Lipinski definition) is 4. The largest absolute Gasteiger partial charge is 0.423 e. The molecule has 4 heteroatoms. The smallest absolute Gasteiger partial charge is 0.336 e. The summed E-state index contributed by atoms with van der Waals surface area (Å²) in [6.45, 7) is 2.64. The topological polar surface area (TPSA) is 45.5 Å². The van der Waals surface area contributed by atoms with Gasteiger partial charge in [-0.05, 0) is 56.0 Å². The Labute approximate surface area is 135 Å². The standard InChI is InChI=1S/C19H22N2O2/c1-21(2)11-5-10-20-13-15-12-18(22)23-17-9-8-14-6-3-4-7-16(14)19(15)17/h3-4,6-9,12,20H,5,10-11,13H2,1-2H3. The summed E-state index contributed by atoms with van der Waals surface area (Å²) in [6.07, 6.45) is 1.08. The highest BCUT2D eigenvalue weighted by atomic mass is 16.4. The van der Waals surface area contributed by atoms with Crippen molar-refractivity contribution in [1.82, 2.24) is 10.2 Å². The summed E-state index contributed by atoms with van der Waals surface area (Å²) in [6, 6.07) is 13.7. The summed E-state index contributed by atoms with van der Waals surface area (Å²) in [5, 5.41) is 6.74. The van der Waals surface area contributed by atoms with Gasteiger partial charge in [-0.3, -0.25) is 0 Å². The van der Waals surface area contributed by atoms with Crippen LogP contribution in [0.5, 0.6) is 0 Å². The molecule has 3 rings (SSSR count). The third kappa shape index (κ3) is 3.60. The lowest BCUT2D eigenvalue weighted by atomic mass is 10.0. The van der Waals surface area contributed by atoms with Gasteiger partial charge in [0.2, 0.25) is 0 Å². The Morgan fingerprint density at radius 3 is 2.78 bits per heavy atom. The van der Waals surface area contributed by atoms with E-state index in [0.717, 1.165) is 41.2 Å². The van der Waals surface area contributed by atoms with Gasteiger partial charge in [-0.2, -0.15) is 0 Å². The molecule has 0 fully saturated rings. The van der Waals surface area contributed by atoms with Crippen molar-refractivity contribution in [3.63, 3.8) is 0 Å². The van der Waals surface area contributed by atoms with Crippen molar-refractivity contribution in [3.8, 4) is 0 Å². The molecule has 1 aromatic heterocycles. The lowest BCUT2D eigenvalue weighted by Crippen LogP contribution is -2.21. The maximum Gasteiger partial charge on any atom is 0.336 e. The Hall–Kier alpha value is -2.17. The molecule has 0 unspecified atom stereocenters. The molecule has 0 spiro atoms. The highest BCUT2D eigenvalue weighted by Gasteiger charge is 2.09. The molecule has 1 N–H and O–H groups in total. The lowest BCUT2D eigenvalue weighted by molar-refractivity contribution is 0.394. The van der Waals surface area contributed by atoms with Gasteiger partial charge < -0.3 is 14.6 Å². The van der Waals surface area contributed by atoms with Gasteiger partial charge in [0, 0.05) is 18.0 Å². The molecule has 0 aliphatic carbocycles. The van der Waals surface area contributed by atoms with Crippen molar-refractivity contribution in [2.45, 2.75) is 13.0 Å². The van der Waals surface area contributed by atoms with E-state index in [1.807, 2.05) is 24.3 Å². The van der Waals surface area contributed by atoms with E-state index in [-0.39, 0.29) is 5.63 Å². The van der Waals surface area contributed by atoms with E-state index in [1.165, 1.54) is 0 Å². The summed E-state index contributed by atoms with van der Waals surface area (Å²) in [5.74, 6) is 0. The summed E-state index contributed by atoms with van der Waals surface area (Å²) >= 11 is 0. The van der Waals surface area contributed by atoms with E-state index >= 15 is 0 Å². The van der Waals surface area contributed by atoms with Crippen LogP contribution in [0.2, 0.25) is 0 Å². The van der Waals surface area contributed by atoms with Crippen molar-refractivity contribution in [2.24, 2.45) is 0 Å². The highest BCUT2D eigenvalue weighted by Crippen LogP contribution is 2.27. The van der Waals surface area contributed by atoms with Crippen LogP contribution < -0.4 is 10.9 Å². The summed E-state index contributed by atoms with van der Waals surface area (Å²) in [7, 11) is 4.14. The summed E-state index contributed by atoms with van der Waals surface area (Å²) in [5.41, 5.74) is 1.36. The van der Waals surface area contributed by atoms with Crippen LogP contribution in [-0.2, 0) is 6.54 Å². The Bertz CT molecular complexity index is 868. The quantitative estimate of drug-likeness (QED) is 0.432. The number of rotatable bonds is 6. The molecule has 0 atom stereocenters. The van der Waals surface area contributed by atoms with E-state index in [4.69, 9.17) is 4.42 Å². The SMILES string of the molecule is CN(C)CCCNCc1cc(=O)oc2ccc3ccccc3c12. The molecule has 0 saturated heterocycles. The van der Waals surface area contributed by atoms with Crippen molar-refractivity contribution in [2.75, 3.05) is 27.2 Å². The highest BCUT2D eigenvalue weighted by molar-refractivity contribution is 6.07. The Kier molecular flexibility index (Phi) is 4.74. The average molecular weight is 310 g/mol. The van der Waals surface area contributed by atoms with Crippen LogP contribution in [0.3, 0.4) is 0 Å². The molecule has 0 amide bonds. The predicted molar refractivity (Wildman–Crippen MR) is 94.9 cm³/mol. The molecule has 23 heavy (non-hydrogen) atoms. The van der Waals surface area contributed by atoms with Gasteiger partial charge in [-0.1, -0.05) is 30.3 Å².